The van der Waals surface area contributed by atoms with Crippen LogP contribution in [-0.2, 0) is 0 Å². The van der Waals surface area contributed by atoms with Crippen LogP contribution in [0.25, 0.3) is 0 Å². The molecule has 0 spiro atoms. The van der Waals surface area contributed by atoms with E-state index < -0.39 is 0 Å². The maximum absolute atomic E-state index is 3.49. The van der Waals surface area contributed by atoms with Crippen LogP contribution in [0.5, 0.6) is 0 Å². The van der Waals surface area contributed by atoms with Gasteiger partial charge in [-0.3, -0.25) is 0 Å². The standard InChI is InChI=1S/C11H16BrNS/c1-9(13-6-7-14-2)10-4-3-5-11(12)8-10/h3-5,8-9,13H,6-7H2,1-2H3. The van der Waals surface area contributed by atoms with Gasteiger partial charge < -0.3 is 5.32 Å². The van der Waals surface area contributed by atoms with Gasteiger partial charge in [0.2, 0.25) is 0 Å². The summed E-state index contributed by atoms with van der Waals surface area (Å²) < 4.78 is 1.15. The van der Waals surface area contributed by atoms with E-state index in [4.69, 9.17) is 0 Å². The van der Waals surface area contributed by atoms with E-state index in [9.17, 15) is 0 Å². The van der Waals surface area contributed by atoms with Gasteiger partial charge >= 0.3 is 0 Å². The van der Waals surface area contributed by atoms with Crippen LogP contribution in [0.3, 0.4) is 0 Å². The van der Waals surface area contributed by atoms with Crippen molar-refractivity contribution >= 4 is 27.7 Å². The average molecular weight is 274 g/mol. The smallest absolute Gasteiger partial charge is 0.0292 e. The Bertz CT molecular complexity index is 278. The maximum atomic E-state index is 3.49. The van der Waals surface area contributed by atoms with E-state index in [0.717, 1.165) is 11.0 Å². The first kappa shape index (κ1) is 12.1. The van der Waals surface area contributed by atoms with Gasteiger partial charge in [-0.15, -0.1) is 0 Å². The zero-order valence-corrected chi connectivity index (χ0v) is 11.0. The number of rotatable bonds is 5. The van der Waals surface area contributed by atoms with E-state index in [2.05, 4.69) is 58.7 Å². The summed E-state index contributed by atoms with van der Waals surface area (Å²) in [5.74, 6) is 1.17. The summed E-state index contributed by atoms with van der Waals surface area (Å²) in [5, 5.41) is 3.49. The lowest BCUT2D eigenvalue weighted by Gasteiger charge is -2.13. The van der Waals surface area contributed by atoms with Crippen molar-refractivity contribution < 1.29 is 0 Å². The van der Waals surface area contributed by atoms with E-state index in [1.807, 2.05) is 11.8 Å². The van der Waals surface area contributed by atoms with E-state index in [-0.39, 0.29) is 0 Å². The molecule has 0 fully saturated rings. The Labute approximate surface area is 98.8 Å². The Morgan fingerprint density at radius 2 is 2.29 bits per heavy atom. The molecule has 1 nitrogen and oxygen atoms in total. The van der Waals surface area contributed by atoms with Crippen LogP contribution in [0.15, 0.2) is 28.7 Å². The normalized spacial score (nSPS) is 12.8. The van der Waals surface area contributed by atoms with Gasteiger partial charge in [-0.25, -0.2) is 0 Å². The van der Waals surface area contributed by atoms with Crippen molar-refractivity contribution in [1.82, 2.24) is 5.32 Å². The molecule has 0 saturated carbocycles. The molecule has 78 valence electrons. The third-order valence-electron chi connectivity index (χ3n) is 2.11. The Morgan fingerprint density at radius 3 is 2.93 bits per heavy atom. The summed E-state index contributed by atoms with van der Waals surface area (Å²) in [7, 11) is 0. The maximum Gasteiger partial charge on any atom is 0.0292 e. The van der Waals surface area contributed by atoms with Gasteiger partial charge in [-0.2, -0.15) is 11.8 Å². The van der Waals surface area contributed by atoms with Gasteiger partial charge in [0, 0.05) is 22.8 Å². The molecule has 1 aromatic rings. The second kappa shape index (κ2) is 6.49. The highest BCUT2D eigenvalue weighted by Gasteiger charge is 2.03. The summed E-state index contributed by atoms with van der Waals surface area (Å²) in [6, 6.07) is 8.88. The van der Waals surface area contributed by atoms with Crippen LogP contribution in [-0.4, -0.2) is 18.6 Å². The molecule has 0 aliphatic heterocycles. The minimum atomic E-state index is 0.430. The highest BCUT2D eigenvalue weighted by Crippen LogP contribution is 2.17. The molecule has 0 heterocycles. The molecule has 1 unspecified atom stereocenters. The molecule has 1 aromatic carbocycles. The van der Waals surface area contributed by atoms with E-state index in [0.29, 0.717) is 6.04 Å². The highest BCUT2D eigenvalue weighted by molar-refractivity contribution is 9.10. The topological polar surface area (TPSA) is 12.0 Å². The summed E-state index contributed by atoms with van der Waals surface area (Å²) in [5.41, 5.74) is 1.33. The number of halogens is 1. The lowest BCUT2D eigenvalue weighted by molar-refractivity contribution is 0.601. The molecule has 0 saturated heterocycles. The number of nitrogens with one attached hydrogen (secondary N) is 1. The Morgan fingerprint density at radius 1 is 1.50 bits per heavy atom. The first-order valence-corrected chi connectivity index (χ1v) is 6.90. The summed E-state index contributed by atoms with van der Waals surface area (Å²) >= 11 is 5.35. The molecule has 14 heavy (non-hydrogen) atoms. The molecule has 1 rings (SSSR count). The molecule has 0 radical (unpaired) electrons. The minimum absolute atomic E-state index is 0.430. The van der Waals surface area contributed by atoms with Crippen molar-refractivity contribution in [2.75, 3.05) is 18.6 Å². The quantitative estimate of drug-likeness (QED) is 0.825. The van der Waals surface area contributed by atoms with Crippen LogP contribution >= 0.6 is 27.7 Å². The van der Waals surface area contributed by atoms with Crippen molar-refractivity contribution in [1.29, 1.82) is 0 Å². The van der Waals surface area contributed by atoms with Gasteiger partial charge in [0.25, 0.3) is 0 Å². The molecule has 1 N–H and O–H groups in total. The fourth-order valence-electron chi connectivity index (χ4n) is 1.27. The lowest BCUT2D eigenvalue weighted by atomic mass is 10.1. The Hall–Kier alpha value is 0.01000. The summed E-state index contributed by atoms with van der Waals surface area (Å²) in [4.78, 5) is 0. The molecule has 0 aromatic heterocycles. The summed E-state index contributed by atoms with van der Waals surface area (Å²) in [6.45, 7) is 3.26. The SMILES string of the molecule is CSCCNC(C)c1cccc(Br)c1. The third-order valence-corrected chi connectivity index (χ3v) is 3.21. The third kappa shape index (κ3) is 4.03. The fraction of sp³-hybridized carbons (Fsp3) is 0.455. The van der Waals surface area contributed by atoms with Crippen LogP contribution in [0.2, 0.25) is 0 Å². The molecule has 3 heteroatoms. The Kier molecular flexibility index (Phi) is 5.60. The van der Waals surface area contributed by atoms with Crippen molar-refractivity contribution in [3.05, 3.63) is 34.3 Å². The molecule has 1 atom stereocenters. The van der Waals surface area contributed by atoms with Gasteiger partial charge in [0.15, 0.2) is 0 Å². The highest BCUT2D eigenvalue weighted by atomic mass is 79.9. The van der Waals surface area contributed by atoms with Crippen LogP contribution < -0.4 is 5.32 Å². The monoisotopic (exact) mass is 273 g/mol. The number of benzene rings is 1. The van der Waals surface area contributed by atoms with Crippen LogP contribution in [0.1, 0.15) is 18.5 Å². The average Bonchev–Trinajstić information content (AvgIpc) is 2.18. The minimum Gasteiger partial charge on any atom is -0.309 e. The van der Waals surface area contributed by atoms with E-state index >= 15 is 0 Å². The fourth-order valence-corrected chi connectivity index (χ4v) is 2.01. The first-order valence-electron chi connectivity index (χ1n) is 4.72. The Balaban J connectivity index is 2.47. The van der Waals surface area contributed by atoms with Crippen molar-refractivity contribution in [3.8, 4) is 0 Å². The van der Waals surface area contributed by atoms with Crippen LogP contribution in [0.4, 0.5) is 0 Å². The zero-order valence-electron chi connectivity index (χ0n) is 8.59. The number of hydrogen-bond acceptors (Lipinski definition) is 2. The van der Waals surface area contributed by atoms with Crippen molar-refractivity contribution in [2.24, 2.45) is 0 Å². The molecule has 0 aliphatic rings. The van der Waals surface area contributed by atoms with E-state index in [1.54, 1.807) is 0 Å². The van der Waals surface area contributed by atoms with Crippen molar-refractivity contribution in [2.45, 2.75) is 13.0 Å². The lowest BCUT2D eigenvalue weighted by Crippen LogP contribution is -2.21. The summed E-state index contributed by atoms with van der Waals surface area (Å²) in [6.07, 6.45) is 2.13. The molecular weight excluding hydrogens is 258 g/mol. The predicted molar refractivity (Wildman–Crippen MR) is 68.9 cm³/mol. The number of hydrogen-bond donors (Lipinski definition) is 1. The second-order valence-corrected chi connectivity index (χ2v) is 5.12. The van der Waals surface area contributed by atoms with Crippen molar-refractivity contribution in [3.63, 3.8) is 0 Å². The molecular formula is C11H16BrNS. The van der Waals surface area contributed by atoms with Crippen LogP contribution in [0, 0.1) is 0 Å². The zero-order chi connectivity index (χ0) is 10.4. The molecule has 0 amide bonds. The van der Waals surface area contributed by atoms with E-state index in [1.165, 1.54) is 11.3 Å². The largest absolute Gasteiger partial charge is 0.309 e. The predicted octanol–water partition coefficient (Wildman–Crippen LogP) is 3.46. The van der Waals surface area contributed by atoms with Gasteiger partial charge in [0.05, 0.1) is 0 Å². The second-order valence-electron chi connectivity index (χ2n) is 3.22. The van der Waals surface area contributed by atoms with Gasteiger partial charge in [0.1, 0.15) is 0 Å². The molecule has 0 aliphatic carbocycles. The first-order chi connectivity index (χ1) is 6.74. The molecule has 0 bridgehead atoms. The van der Waals surface area contributed by atoms with Gasteiger partial charge in [-0.05, 0) is 30.9 Å². The van der Waals surface area contributed by atoms with Gasteiger partial charge in [-0.1, -0.05) is 28.1 Å². The number of thioether (sulfide) groups is 1.